The van der Waals surface area contributed by atoms with E-state index in [1.54, 1.807) is 55.4 Å². The first-order chi connectivity index (χ1) is 24.7. The van der Waals surface area contributed by atoms with Crippen LogP contribution in [0.5, 0.6) is 0 Å². The lowest BCUT2D eigenvalue weighted by Crippen LogP contribution is -2.64. The molecule has 0 unspecified atom stereocenters. The summed E-state index contributed by atoms with van der Waals surface area (Å²) in [6.07, 6.45) is -13.5. The van der Waals surface area contributed by atoms with Crippen molar-refractivity contribution in [1.29, 1.82) is 0 Å². The van der Waals surface area contributed by atoms with E-state index in [4.69, 9.17) is 37.9 Å². The molecule has 0 aromatic carbocycles. The van der Waals surface area contributed by atoms with Crippen molar-refractivity contribution >= 4 is 29.8 Å². The van der Waals surface area contributed by atoms with Gasteiger partial charge in [0.05, 0.1) is 6.61 Å². The third-order valence-electron chi connectivity index (χ3n) is 8.10. The number of esters is 5. The number of hydrogen-bond donors (Lipinski definition) is 3. The quantitative estimate of drug-likeness (QED) is 0.120. The van der Waals surface area contributed by atoms with Crippen LogP contribution >= 0.6 is 0 Å². The number of carbonyl (C=O) groups is 5. The molecule has 2 rings (SSSR count). The van der Waals surface area contributed by atoms with E-state index in [0.717, 1.165) is 0 Å². The maximum Gasteiger partial charge on any atom is 0.306 e. The van der Waals surface area contributed by atoms with Gasteiger partial charge in [0.15, 0.2) is 18.3 Å². The summed E-state index contributed by atoms with van der Waals surface area (Å²) in [7, 11) is 0. The SMILES string of the molecule is CC(C)CC(=O)OC[C@H]1O[C@@](COC(=O)CC(C)C)(O[C@H]2O[C@H](CO)[C@@H](O)[C@H](O)[C@H]2OC(=O)CC(C)C)[C@@H](OC(=O)CC(C)C)[C@@H]1OC(=O)CC(C)C. The first-order valence-electron chi connectivity index (χ1n) is 18.6. The average molecular weight is 763 g/mol. The molecule has 0 spiro atoms. The fourth-order valence-electron chi connectivity index (χ4n) is 5.71. The van der Waals surface area contributed by atoms with Crippen molar-refractivity contribution in [2.45, 2.75) is 156 Å². The Balaban J connectivity index is 2.78. The van der Waals surface area contributed by atoms with Crippen molar-refractivity contribution < 1.29 is 77.2 Å². The minimum atomic E-state index is -2.42. The Hall–Kier alpha value is -2.89. The Labute approximate surface area is 312 Å². The van der Waals surface area contributed by atoms with Gasteiger partial charge in [-0.3, -0.25) is 24.0 Å². The molecule has 53 heavy (non-hydrogen) atoms. The summed E-state index contributed by atoms with van der Waals surface area (Å²) in [6, 6.07) is 0. The lowest BCUT2D eigenvalue weighted by molar-refractivity contribution is -0.384. The van der Waals surface area contributed by atoms with Gasteiger partial charge >= 0.3 is 29.8 Å². The molecule has 9 atom stereocenters. The van der Waals surface area contributed by atoms with Gasteiger partial charge in [0.1, 0.15) is 37.6 Å². The molecule has 0 aromatic rings. The van der Waals surface area contributed by atoms with Crippen LogP contribution in [0.15, 0.2) is 0 Å². The number of aliphatic hydroxyl groups is 3. The predicted octanol–water partition coefficient (Wildman–Crippen LogP) is 2.59. The highest BCUT2D eigenvalue weighted by Gasteiger charge is 2.64. The van der Waals surface area contributed by atoms with Crippen LogP contribution in [-0.4, -0.2) is 120 Å². The van der Waals surface area contributed by atoms with Gasteiger partial charge in [0, 0.05) is 32.1 Å². The van der Waals surface area contributed by atoms with Crippen molar-refractivity contribution in [2.24, 2.45) is 29.6 Å². The minimum Gasteiger partial charge on any atom is -0.463 e. The average Bonchev–Trinajstić information content (AvgIpc) is 3.27. The normalized spacial score (nSPS) is 28.8. The van der Waals surface area contributed by atoms with Gasteiger partial charge in [-0.1, -0.05) is 69.2 Å². The van der Waals surface area contributed by atoms with Crippen molar-refractivity contribution in [3.8, 4) is 0 Å². The maximum atomic E-state index is 13.4. The highest BCUT2D eigenvalue weighted by molar-refractivity contribution is 5.72. The number of hydrogen-bond acceptors (Lipinski definition) is 16. The second-order valence-electron chi connectivity index (χ2n) is 15.9. The number of ether oxygens (including phenoxy) is 8. The Morgan fingerprint density at radius 2 is 1.02 bits per heavy atom. The molecule has 306 valence electrons. The molecule has 3 N–H and O–H groups in total. The Kier molecular flexibility index (Phi) is 18.6. The molecule has 0 bridgehead atoms. The van der Waals surface area contributed by atoms with Crippen molar-refractivity contribution in [3.63, 3.8) is 0 Å². The molecule has 0 radical (unpaired) electrons. The Bertz CT molecular complexity index is 1200. The van der Waals surface area contributed by atoms with E-state index >= 15 is 0 Å². The van der Waals surface area contributed by atoms with E-state index in [0.29, 0.717) is 0 Å². The zero-order valence-electron chi connectivity index (χ0n) is 32.8. The zero-order chi connectivity index (χ0) is 40.2. The van der Waals surface area contributed by atoms with Crippen molar-refractivity contribution in [1.82, 2.24) is 0 Å². The molecule has 2 saturated heterocycles. The monoisotopic (exact) mass is 762 g/mol. The second kappa shape index (κ2) is 21.3. The van der Waals surface area contributed by atoms with Crippen LogP contribution in [0.1, 0.15) is 101 Å². The first kappa shape index (κ1) is 46.3. The predicted molar refractivity (Wildman–Crippen MR) is 185 cm³/mol. The van der Waals surface area contributed by atoms with E-state index in [1.165, 1.54) is 0 Å². The summed E-state index contributed by atoms with van der Waals surface area (Å²) >= 11 is 0. The number of carbonyl (C=O) groups excluding carboxylic acids is 5. The van der Waals surface area contributed by atoms with Crippen LogP contribution in [0.4, 0.5) is 0 Å². The lowest BCUT2D eigenvalue weighted by atomic mass is 9.98. The van der Waals surface area contributed by atoms with Crippen molar-refractivity contribution in [3.05, 3.63) is 0 Å². The molecule has 0 aromatic heterocycles. The molecule has 16 nitrogen and oxygen atoms in total. The number of aliphatic hydroxyl groups excluding tert-OH is 3. The molecular weight excluding hydrogens is 700 g/mol. The van der Waals surface area contributed by atoms with E-state index in [2.05, 4.69) is 0 Å². The topological polar surface area (TPSA) is 220 Å². The molecule has 2 heterocycles. The summed E-state index contributed by atoms with van der Waals surface area (Å²) in [5.41, 5.74) is 0. The molecule has 16 heteroatoms. The van der Waals surface area contributed by atoms with Crippen LogP contribution < -0.4 is 0 Å². The largest absolute Gasteiger partial charge is 0.463 e. The van der Waals surface area contributed by atoms with Gasteiger partial charge in [-0.2, -0.15) is 0 Å². The molecule has 2 fully saturated rings. The highest BCUT2D eigenvalue weighted by Crippen LogP contribution is 2.41. The molecule has 0 aliphatic carbocycles. The van der Waals surface area contributed by atoms with Gasteiger partial charge < -0.3 is 53.2 Å². The van der Waals surface area contributed by atoms with E-state index in [-0.39, 0.29) is 61.7 Å². The van der Waals surface area contributed by atoms with E-state index in [1.807, 2.05) is 13.8 Å². The molecular formula is C37H62O16. The third kappa shape index (κ3) is 14.7. The van der Waals surface area contributed by atoms with Crippen LogP contribution in [0.2, 0.25) is 0 Å². The fraction of sp³-hybridized carbons (Fsp3) is 0.865. The molecule has 0 amide bonds. The zero-order valence-corrected chi connectivity index (χ0v) is 32.8. The Morgan fingerprint density at radius 1 is 0.585 bits per heavy atom. The van der Waals surface area contributed by atoms with E-state index in [9.17, 15) is 39.3 Å². The van der Waals surface area contributed by atoms with Crippen molar-refractivity contribution in [2.75, 3.05) is 19.8 Å². The summed E-state index contributed by atoms with van der Waals surface area (Å²) in [5, 5.41) is 31.9. The van der Waals surface area contributed by atoms with Crippen LogP contribution in [0.25, 0.3) is 0 Å². The lowest BCUT2D eigenvalue weighted by Gasteiger charge is -2.45. The summed E-state index contributed by atoms with van der Waals surface area (Å²) in [5.74, 6) is -6.66. The first-order valence-corrected chi connectivity index (χ1v) is 18.6. The number of rotatable bonds is 20. The van der Waals surface area contributed by atoms with Crippen LogP contribution in [0.3, 0.4) is 0 Å². The molecule has 0 saturated carbocycles. The molecule has 2 aliphatic heterocycles. The third-order valence-corrected chi connectivity index (χ3v) is 8.10. The summed E-state index contributed by atoms with van der Waals surface area (Å²) in [4.78, 5) is 65.3. The smallest absolute Gasteiger partial charge is 0.306 e. The van der Waals surface area contributed by atoms with Crippen LogP contribution in [0, 0.1) is 29.6 Å². The van der Waals surface area contributed by atoms with Gasteiger partial charge in [-0.25, -0.2) is 0 Å². The maximum absolute atomic E-state index is 13.4. The summed E-state index contributed by atoms with van der Waals surface area (Å²) in [6.45, 7) is 15.7. The van der Waals surface area contributed by atoms with Gasteiger partial charge in [-0.05, 0) is 29.6 Å². The van der Waals surface area contributed by atoms with Gasteiger partial charge in [0.25, 0.3) is 0 Å². The van der Waals surface area contributed by atoms with Crippen LogP contribution in [-0.2, 0) is 61.9 Å². The van der Waals surface area contributed by atoms with Gasteiger partial charge in [0.2, 0.25) is 12.1 Å². The second-order valence-corrected chi connectivity index (χ2v) is 15.9. The fourth-order valence-corrected chi connectivity index (χ4v) is 5.71. The summed E-state index contributed by atoms with van der Waals surface area (Å²) < 4.78 is 47.2. The minimum absolute atomic E-state index is 0.0379. The Morgan fingerprint density at radius 3 is 1.49 bits per heavy atom. The standard InChI is InChI=1S/C37H62O16/c1-19(2)11-26(39)46-17-25-33(49-28(41)13-21(5)6)35(51-30(43)15-23(9)10)37(52-25,18-47-27(40)12-20(3)4)53-36-34(50-29(42)14-22(7)8)32(45)31(44)24(16-38)48-36/h19-25,31-36,38,44-45H,11-18H2,1-10H3/t24-,25-,31-,32+,33-,34-,35+,36-,37+/m1/s1. The highest BCUT2D eigenvalue weighted by atomic mass is 16.8. The molecule has 2 aliphatic rings. The van der Waals surface area contributed by atoms with E-state index < -0.39 is 104 Å². The van der Waals surface area contributed by atoms with Gasteiger partial charge in [-0.15, -0.1) is 0 Å².